The van der Waals surface area contributed by atoms with Crippen molar-refractivity contribution in [2.75, 3.05) is 6.61 Å². The van der Waals surface area contributed by atoms with Crippen molar-refractivity contribution in [3.05, 3.63) is 88.9 Å². The molecular formula is C31H36ClNO5S. The molecule has 0 aliphatic heterocycles. The highest BCUT2D eigenvalue weighted by Crippen LogP contribution is 2.33. The van der Waals surface area contributed by atoms with Gasteiger partial charge in [0.25, 0.3) is 0 Å². The van der Waals surface area contributed by atoms with E-state index in [1.807, 2.05) is 72.8 Å². The van der Waals surface area contributed by atoms with Gasteiger partial charge in [-0.15, -0.1) is 0 Å². The minimum absolute atomic E-state index is 0.204. The van der Waals surface area contributed by atoms with Gasteiger partial charge < -0.3 is 19.5 Å². The Kier molecular flexibility index (Phi) is 10.7. The van der Waals surface area contributed by atoms with Gasteiger partial charge in [-0.2, -0.15) is 0 Å². The largest absolute Gasteiger partial charge is 0.489 e. The minimum Gasteiger partial charge on any atom is -0.489 e. The zero-order chi connectivity index (χ0) is 28.5. The molecule has 0 aromatic heterocycles. The number of ether oxygens (including phenoxy) is 3. The van der Waals surface area contributed by atoms with Crippen molar-refractivity contribution in [2.45, 2.75) is 75.0 Å². The fourth-order valence-corrected chi connectivity index (χ4v) is 4.96. The summed E-state index contributed by atoms with van der Waals surface area (Å²) < 4.78 is 16.6. The lowest BCUT2D eigenvalue weighted by molar-refractivity contribution is -0.150. The molecule has 8 heteroatoms. The number of rotatable bonds is 11. The SMILES string of the molecule is CCOC(=O)C(C)(CCc1ccc(Sc2cccc(OCc3ccccc3)c2)cc1Cl)NC(=O)OC(C)(C)C. The van der Waals surface area contributed by atoms with Gasteiger partial charge in [0, 0.05) is 14.8 Å². The predicted molar refractivity (Wildman–Crippen MR) is 156 cm³/mol. The maximum Gasteiger partial charge on any atom is 0.408 e. The first-order valence-corrected chi connectivity index (χ1v) is 14.1. The highest BCUT2D eigenvalue weighted by atomic mass is 35.5. The van der Waals surface area contributed by atoms with E-state index in [0.717, 1.165) is 26.7 Å². The first-order valence-electron chi connectivity index (χ1n) is 12.9. The van der Waals surface area contributed by atoms with E-state index in [9.17, 15) is 9.59 Å². The second-order valence-electron chi connectivity index (χ2n) is 10.3. The van der Waals surface area contributed by atoms with Crippen molar-refractivity contribution in [3.8, 4) is 5.75 Å². The summed E-state index contributed by atoms with van der Waals surface area (Å²) >= 11 is 8.22. The number of alkyl carbamates (subject to hydrolysis) is 1. The Morgan fingerprint density at radius 1 is 0.923 bits per heavy atom. The molecule has 0 spiro atoms. The minimum atomic E-state index is -1.27. The van der Waals surface area contributed by atoms with Crippen molar-refractivity contribution in [3.63, 3.8) is 0 Å². The molecule has 1 atom stereocenters. The molecule has 0 aliphatic carbocycles. The van der Waals surface area contributed by atoms with Crippen LogP contribution in [0.5, 0.6) is 5.75 Å². The number of carbonyl (C=O) groups excluding carboxylic acids is 2. The van der Waals surface area contributed by atoms with Crippen LogP contribution in [0.15, 0.2) is 82.6 Å². The van der Waals surface area contributed by atoms with Gasteiger partial charge in [-0.05, 0) is 88.9 Å². The highest BCUT2D eigenvalue weighted by molar-refractivity contribution is 7.99. The lowest BCUT2D eigenvalue weighted by Crippen LogP contribution is -2.54. The molecule has 6 nitrogen and oxygen atoms in total. The van der Waals surface area contributed by atoms with Crippen molar-refractivity contribution in [1.82, 2.24) is 5.32 Å². The number of benzene rings is 3. The first kappa shape index (κ1) is 30.4. The summed E-state index contributed by atoms with van der Waals surface area (Å²) in [5, 5.41) is 3.28. The van der Waals surface area contributed by atoms with Crippen LogP contribution in [-0.4, -0.2) is 29.8 Å². The average molecular weight is 570 g/mol. The van der Waals surface area contributed by atoms with Gasteiger partial charge in [-0.1, -0.05) is 65.8 Å². The number of halogens is 1. The number of aryl methyl sites for hydroxylation is 1. The third-order valence-electron chi connectivity index (χ3n) is 5.71. The van der Waals surface area contributed by atoms with Gasteiger partial charge in [0.05, 0.1) is 6.61 Å². The Bertz CT molecular complexity index is 1260. The summed E-state index contributed by atoms with van der Waals surface area (Å²) in [6.45, 7) is 9.37. The van der Waals surface area contributed by atoms with E-state index in [2.05, 4.69) is 5.32 Å². The molecule has 3 rings (SSSR count). The van der Waals surface area contributed by atoms with Crippen LogP contribution in [0.3, 0.4) is 0 Å². The molecule has 1 amide bonds. The van der Waals surface area contributed by atoms with Gasteiger partial charge >= 0.3 is 12.1 Å². The van der Waals surface area contributed by atoms with Crippen LogP contribution in [-0.2, 0) is 27.3 Å². The standard InChI is InChI=1S/C31H36ClNO5S/c1-6-36-28(34)31(5,33-29(35)38-30(2,3)4)18-17-23-15-16-26(20-27(23)32)39-25-14-10-13-24(19-25)37-21-22-11-8-7-9-12-22/h7-16,19-20H,6,17-18,21H2,1-5H3,(H,33,35). The van der Waals surface area contributed by atoms with E-state index in [1.54, 1.807) is 46.4 Å². The second-order valence-corrected chi connectivity index (χ2v) is 11.8. The van der Waals surface area contributed by atoms with E-state index in [4.69, 9.17) is 25.8 Å². The Labute approximate surface area is 240 Å². The van der Waals surface area contributed by atoms with Gasteiger partial charge in [-0.3, -0.25) is 0 Å². The summed E-state index contributed by atoms with van der Waals surface area (Å²) in [6.07, 6.45) is 0.0707. The summed E-state index contributed by atoms with van der Waals surface area (Å²) in [4.78, 5) is 27.2. The Morgan fingerprint density at radius 2 is 1.64 bits per heavy atom. The van der Waals surface area contributed by atoms with E-state index in [1.165, 1.54) is 0 Å². The lowest BCUT2D eigenvalue weighted by Gasteiger charge is -2.30. The van der Waals surface area contributed by atoms with Crippen LogP contribution in [0.4, 0.5) is 4.79 Å². The Balaban J connectivity index is 1.65. The number of hydrogen-bond donors (Lipinski definition) is 1. The topological polar surface area (TPSA) is 73.9 Å². The molecule has 0 heterocycles. The van der Waals surface area contributed by atoms with E-state index >= 15 is 0 Å². The number of amides is 1. The van der Waals surface area contributed by atoms with Gasteiger partial charge in [0.2, 0.25) is 0 Å². The van der Waals surface area contributed by atoms with Gasteiger partial charge in [0.15, 0.2) is 0 Å². The van der Waals surface area contributed by atoms with Crippen LogP contribution in [0.1, 0.15) is 52.2 Å². The molecule has 0 bridgehead atoms. The molecule has 39 heavy (non-hydrogen) atoms. The molecular weight excluding hydrogens is 534 g/mol. The molecule has 0 aliphatic rings. The van der Waals surface area contributed by atoms with Crippen LogP contribution in [0.2, 0.25) is 5.02 Å². The molecule has 208 valence electrons. The predicted octanol–water partition coefficient (Wildman–Crippen LogP) is 7.85. The van der Waals surface area contributed by atoms with Gasteiger partial charge in [-0.25, -0.2) is 9.59 Å². The molecule has 0 saturated carbocycles. The third-order valence-corrected chi connectivity index (χ3v) is 7.04. The zero-order valence-electron chi connectivity index (χ0n) is 23.1. The molecule has 1 unspecified atom stereocenters. The third kappa shape index (κ3) is 9.83. The van der Waals surface area contributed by atoms with E-state index < -0.39 is 23.2 Å². The smallest absolute Gasteiger partial charge is 0.408 e. The molecule has 1 N–H and O–H groups in total. The van der Waals surface area contributed by atoms with Crippen LogP contribution in [0.25, 0.3) is 0 Å². The second kappa shape index (κ2) is 13.8. The van der Waals surface area contributed by atoms with Crippen molar-refractivity contribution >= 4 is 35.4 Å². The summed E-state index contributed by atoms with van der Waals surface area (Å²) in [5.41, 5.74) is 0.0139. The zero-order valence-corrected chi connectivity index (χ0v) is 24.7. The highest BCUT2D eigenvalue weighted by Gasteiger charge is 2.37. The molecule has 3 aromatic rings. The summed E-state index contributed by atoms with van der Waals surface area (Å²) in [7, 11) is 0. The Morgan fingerprint density at radius 3 is 2.31 bits per heavy atom. The van der Waals surface area contributed by atoms with E-state index in [0.29, 0.717) is 18.1 Å². The normalized spacial score (nSPS) is 12.8. The number of esters is 1. The van der Waals surface area contributed by atoms with Crippen LogP contribution < -0.4 is 10.1 Å². The fraction of sp³-hybridized carbons (Fsp3) is 0.355. The van der Waals surface area contributed by atoms with Crippen molar-refractivity contribution in [1.29, 1.82) is 0 Å². The van der Waals surface area contributed by atoms with E-state index in [-0.39, 0.29) is 13.0 Å². The average Bonchev–Trinajstić information content (AvgIpc) is 2.87. The molecule has 0 radical (unpaired) electrons. The van der Waals surface area contributed by atoms with Crippen LogP contribution in [0, 0.1) is 0 Å². The van der Waals surface area contributed by atoms with Crippen molar-refractivity contribution < 1.29 is 23.8 Å². The molecule has 0 saturated heterocycles. The van der Waals surface area contributed by atoms with Crippen LogP contribution >= 0.6 is 23.4 Å². The maximum absolute atomic E-state index is 12.7. The lowest BCUT2D eigenvalue weighted by atomic mass is 9.93. The summed E-state index contributed by atoms with van der Waals surface area (Å²) in [5.74, 6) is 0.274. The number of nitrogens with one attached hydrogen (secondary N) is 1. The quantitative estimate of drug-likeness (QED) is 0.237. The fourth-order valence-electron chi connectivity index (χ4n) is 3.72. The monoisotopic (exact) mass is 569 g/mol. The Hall–Kier alpha value is -3.16. The van der Waals surface area contributed by atoms with Gasteiger partial charge in [0.1, 0.15) is 23.5 Å². The number of hydrogen-bond acceptors (Lipinski definition) is 6. The molecule has 3 aromatic carbocycles. The molecule has 0 fully saturated rings. The first-order chi connectivity index (χ1) is 18.5. The van der Waals surface area contributed by atoms with Crippen molar-refractivity contribution in [2.24, 2.45) is 0 Å². The maximum atomic E-state index is 12.7. The number of carbonyl (C=O) groups is 2. The summed E-state index contributed by atoms with van der Waals surface area (Å²) in [6, 6.07) is 23.8.